The van der Waals surface area contributed by atoms with Crippen LogP contribution < -0.4 is 24.8 Å². The summed E-state index contributed by atoms with van der Waals surface area (Å²) in [7, 11) is 4.55. The Kier molecular flexibility index (Phi) is 7.22. The first kappa shape index (κ1) is 20.3. The van der Waals surface area contributed by atoms with Crippen molar-refractivity contribution < 1.29 is 19.0 Å². The van der Waals surface area contributed by atoms with Crippen molar-refractivity contribution in [3.05, 3.63) is 30.2 Å². The minimum Gasteiger partial charge on any atom is -0.493 e. The lowest BCUT2D eigenvalue weighted by atomic mass is 10.1. The zero-order chi connectivity index (χ0) is 19.8. The molecular formula is C19H26N4O4. The molecule has 0 spiro atoms. The maximum Gasteiger partial charge on any atom is 0.274 e. The maximum absolute atomic E-state index is 12.6. The Morgan fingerprint density at radius 1 is 1.04 bits per heavy atom. The molecular weight excluding hydrogens is 348 g/mol. The zero-order valence-electron chi connectivity index (χ0n) is 16.3. The first-order chi connectivity index (χ1) is 13.0. The number of hydrogen-bond donors (Lipinski definition) is 2. The summed E-state index contributed by atoms with van der Waals surface area (Å²) >= 11 is 0. The summed E-state index contributed by atoms with van der Waals surface area (Å²) in [4.78, 5) is 20.8. The van der Waals surface area contributed by atoms with Crippen molar-refractivity contribution in [1.82, 2.24) is 9.97 Å². The molecule has 1 amide bonds. The first-order valence-electron chi connectivity index (χ1n) is 8.65. The normalized spacial score (nSPS) is 10.4. The van der Waals surface area contributed by atoms with Crippen molar-refractivity contribution in [2.75, 3.05) is 38.5 Å². The summed E-state index contributed by atoms with van der Waals surface area (Å²) in [5.41, 5.74) is 0.758. The third-order valence-corrected chi connectivity index (χ3v) is 3.85. The SMILES string of the molecule is COc1cc(NC(=O)c2cc(NCCC(C)C)ncn2)cc(OC)c1OC. The van der Waals surface area contributed by atoms with Crippen LogP contribution in [0.2, 0.25) is 0 Å². The molecule has 2 aromatic rings. The molecule has 0 radical (unpaired) electrons. The summed E-state index contributed by atoms with van der Waals surface area (Å²) in [6.45, 7) is 5.08. The quantitative estimate of drug-likeness (QED) is 0.696. The van der Waals surface area contributed by atoms with Gasteiger partial charge >= 0.3 is 0 Å². The largest absolute Gasteiger partial charge is 0.493 e. The lowest BCUT2D eigenvalue weighted by Crippen LogP contribution is -2.15. The van der Waals surface area contributed by atoms with Crippen LogP contribution in [0.3, 0.4) is 0 Å². The predicted octanol–water partition coefficient (Wildman–Crippen LogP) is 3.21. The Morgan fingerprint density at radius 3 is 2.26 bits per heavy atom. The van der Waals surface area contributed by atoms with Crippen molar-refractivity contribution in [1.29, 1.82) is 0 Å². The topological polar surface area (TPSA) is 94.6 Å². The standard InChI is InChI=1S/C19H26N4O4/c1-12(2)6-7-20-17-10-14(21-11-22-17)19(24)23-13-8-15(25-3)18(27-5)16(9-13)26-4/h8-12H,6-7H2,1-5H3,(H,23,24)(H,20,21,22). The molecule has 0 bridgehead atoms. The molecule has 0 aliphatic rings. The molecule has 8 nitrogen and oxygen atoms in total. The number of hydrogen-bond acceptors (Lipinski definition) is 7. The van der Waals surface area contributed by atoms with E-state index in [0.717, 1.165) is 13.0 Å². The average molecular weight is 374 g/mol. The van der Waals surface area contributed by atoms with Crippen molar-refractivity contribution in [3.8, 4) is 17.2 Å². The Bertz CT molecular complexity index is 755. The zero-order valence-corrected chi connectivity index (χ0v) is 16.3. The van der Waals surface area contributed by atoms with Crippen LogP contribution >= 0.6 is 0 Å². The summed E-state index contributed by atoms with van der Waals surface area (Å²) < 4.78 is 15.9. The van der Waals surface area contributed by atoms with Gasteiger partial charge in [0.15, 0.2) is 11.5 Å². The lowest BCUT2D eigenvalue weighted by molar-refractivity contribution is 0.102. The smallest absolute Gasteiger partial charge is 0.274 e. The van der Waals surface area contributed by atoms with Crippen molar-refractivity contribution >= 4 is 17.4 Å². The molecule has 2 N–H and O–H groups in total. The van der Waals surface area contributed by atoms with Gasteiger partial charge in [0, 0.05) is 30.4 Å². The molecule has 0 atom stereocenters. The summed E-state index contributed by atoms with van der Waals surface area (Å²) in [6, 6.07) is 4.93. The monoisotopic (exact) mass is 374 g/mol. The Labute approximate surface area is 159 Å². The van der Waals surface area contributed by atoms with Gasteiger partial charge in [-0.15, -0.1) is 0 Å². The van der Waals surface area contributed by atoms with Gasteiger partial charge < -0.3 is 24.8 Å². The van der Waals surface area contributed by atoms with Crippen LogP contribution in [0.25, 0.3) is 0 Å². The number of carbonyl (C=O) groups excluding carboxylic acids is 1. The number of nitrogens with zero attached hydrogens (tertiary/aromatic N) is 2. The van der Waals surface area contributed by atoms with E-state index in [9.17, 15) is 4.79 Å². The highest BCUT2D eigenvalue weighted by atomic mass is 16.5. The Hall–Kier alpha value is -3.03. The molecule has 0 aliphatic carbocycles. The van der Waals surface area contributed by atoms with Gasteiger partial charge in [0.05, 0.1) is 21.3 Å². The highest BCUT2D eigenvalue weighted by Crippen LogP contribution is 2.39. The van der Waals surface area contributed by atoms with Crippen LogP contribution in [-0.4, -0.2) is 43.7 Å². The summed E-state index contributed by atoms with van der Waals surface area (Å²) in [5, 5.41) is 5.99. The molecule has 0 fully saturated rings. The number of ether oxygens (including phenoxy) is 3. The second kappa shape index (κ2) is 9.61. The fourth-order valence-electron chi connectivity index (χ4n) is 2.42. The Morgan fingerprint density at radius 2 is 1.70 bits per heavy atom. The molecule has 2 rings (SSSR count). The van der Waals surface area contributed by atoms with Gasteiger partial charge in [0.25, 0.3) is 5.91 Å². The molecule has 146 valence electrons. The first-order valence-corrected chi connectivity index (χ1v) is 8.65. The molecule has 1 aromatic heterocycles. The maximum atomic E-state index is 12.6. The fraction of sp³-hybridized carbons (Fsp3) is 0.421. The fourth-order valence-corrected chi connectivity index (χ4v) is 2.42. The molecule has 0 saturated carbocycles. The average Bonchev–Trinajstić information content (AvgIpc) is 2.67. The van der Waals surface area contributed by atoms with Crippen LogP contribution in [-0.2, 0) is 0 Å². The van der Waals surface area contributed by atoms with Crippen LogP contribution in [0, 0.1) is 5.92 Å². The van der Waals surface area contributed by atoms with E-state index < -0.39 is 0 Å². The van der Waals surface area contributed by atoms with Gasteiger partial charge in [-0.25, -0.2) is 9.97 Å². The number of rotatable bonds is 9. The minimum atomic E-state index is -0.362. The molecule has 0 saturated heterocycles. The number of benzene rings is 1. The molecule has 0 unspecified atom stereocenters. The Balaban J connectivity index is 2.15. The second-order valence-electron chi connectivity index (χ2n) is 6.27. The van der Waals surface area contributed by atoms with E-state index in [-0.39, 0.29) is 11.6 Å². The molecule has 0 aliphatic heterocycles. The number of methoxy groups -OCH3 is 3. The second-order valence-corrected chi connectivity index (χ2v) is 6.27. The number of anilines is 2. The number of nitrogens with one attached hydrogen (secondary N) is 2. The van der Waals surface area contributed by atoms with E-state index in [1.165, 1.54) is 27.7 Å². The lowest BCUT2D eigenvalue weighted by Gasteiger charge is -2.14. The van der Waals surface area contributed by atoms with E-state index in [0.29, 0.717) is 34.7 Å². The van der Waals surface area contributed by atoms with E-state index >= 15 is 0 Å². The van der Waals surface area contributed by atoms with Crippen LogP contribution in [0.5, 0.6) is 17.2 Å². The van der Waals surface area contributed by atoms with Crippen LogP contribution in [0.4, 0.5) is 11.5 Å². The molecule has 1 aromatic carbocycles. The molecule has 27 heavy (non-hydrogen) atoms. The molecule has 1 heterocycles. The highest BCUT2D eigenvalue weighted by molar-refractivity contribution is 6.03. The van der Waals surface area contributed by atoms with Gasteiger partial charge in [-0.1, -0.05) is 13.8 Å². The molecule has 8 heteroatoms. The van der Waals surface area contributed by atoms with Crippen molar-refractivity contribution in [3.63, 3.8) is 0 Å². The van der Waals surface area contributed by atoms with E-state index in [1.807, 2.05) is 0 Å². The summed E-state index contributed by atoms with van der Waals surface area (Å²) in [6.07, 6.45) is 2.37. The third kappa shape index (κ3) is 5.47. The minimum absolute atomic E-state index is 0.255. The van der Waals surface area contributed by atoms with E-state index in [4.69, 9.17) is 14.2 Å². The van der Waals surface area contributed by atoms with E-state index in [2.05, 4.69) is 34.4 Å². The number of amides is 1. The number of aromatic nitrogens is 2. The van der Waals surface area contributed by atoms with Gasteiger partial charge in [0.2, 0.25) is 5.75 Å². The van der Waals surface area contributed by atoms with Crippen LogP contribution in [0.15, 0.2) is 24.5 Å². The highest BCUT2D eigenvalue weighted by Gasteiger charge is 2.16. The van der Waals surface area contributed by atoms with E-state index in [1.54, 1.807) is 18.2 Å². The number of carbonyl (C=O) groups is 1. The van der Waals surface area contributed by atoms with Gasteiger partial charge in [0.1, 0.15) is 17.8 Å². The van der Waals surface area contributed by atoms with Gasteiger partial charge in [-0.05, 0) is 12.3 Å². The van der Waals surface area contributed by atoms with Crippen molar-refractivity contribution in [2.24, 2.45) is 5.92 Å². The summed E-state index contributed by atoms with van der Waals surface area (Å²) in [5.74, 6) is 2.19. The van der Waals surface area contributed by atoms with Gasteiger partial charge in [-0.3, -0.25) is 4.79 Å². The predicted molar refractivity (Wildman–Crippen MR) is 104 cm³/mol. The third-order valence-electron chi connectivity index (χ3n) is 3.85. The van der Waals surface area contributed by atoms with Crippen molar-refractivity contribution in [2.45, 2.75) is 20.3 Å². The van der Waals surface area contributed by atoms with Gasteiger partial charge in [-0.2, -0.15) is 0 Å². The van der Waals surface area contributed by atoms with Crippen LogP contribution in [0.1, 0.15) is 30.8 Å².